The quantitative estimate of drug-likeness (QED) is 0.844. The molecule has 20 heavy (non-hydrogen) atoms. The summed E-state index contributed by atoms with van der Waals surface area (Å²) in [6, 6.07) is 5.33. The zero-order chi connectivity index (χ0) is 15.1. The van der Waals surface area contributed by atoms with E-state index >= 15 is 0 Å². The van der Waals surface area contributed by atoms with Gasteiger partial charge in [-0.2, -0.15) is 13.2 Å². The summed E-state index contributed by atoms with van der Waals surface area (Å²) in [5, 5.41) is 2.77. The van der Waals surface area contributed by atoms with Crippen LogP contribution in [0.15, 0.2) is 34.4 Å². The monoisotopic (exact) mass is 347 g/mol. The fourth-order valence-corrected chi connectivity index (χ4v) is 2.80. The zero-order valence-electron chi connectivity index (χ0n) is 10.9. The molecule has 0 amide bonds. The van der Waals surface area contributed by atoms with E-state index in [0.29, 0.717) is 5.56 Å². The average molecular weight is 348 g/mol. The lowest BCUT2D eigenvalue weighted by Gasteiger charge is -2.30. The number of allylic oxidation sites excluding steroid dienone is 1. The van der Waals surface area contributed by atoms with Gasteiger partial charge in [-0.1, -0.05) is 29.8 Å². The van der Waals surface area contributed by atoms with Crippen LogP contribution in [0.2, 0.25) is 0 Å². The third-order valence-corrected chi connectivity index (χ3v) is 3.75. The third-order valence-electron chi connectivity index (χ3n) is 3.25. The number of halogens is 4. The molecular formula is C14H13BrF3NO. The molecule has 1 N–H and O–H groups in total. The molecule has 2 rings (SSSR count). The highest BCUT2D eigenvalue weighted by atomic mass is 79.9. The fraction of sp³-hybridized carbons (Fsp3) is 0.357. The van der Waals surface area contributed by atoms with Crippen molar-refractivity contribution in [3.8, 4) is 0 Å². The summed E-state index contributed by atoms with van der Waals surface area (Å²) in [5.74, 6) is -2.48. The van der Waals surface area contributed by atoms with E-state index in [2.05, 4.69) is 21.2 Å². The SMILES string of the molecule is CC(C)C1C(C(=O)C(F)(F)F)=CNc2ccc(Br)cc21. The molecule has 1 heterocycles. The van der Waals surface area contributed by atoms with Gasteiger partial charge in [-0.15, -0.1) is 0 Å². The molecule has 0 bridgehead atoms. The van der Waals surface area contributed by atoms with Crippen LogP contribution < -0.4 is 5.32 Å². The van der Waals surface area contributed by atoms with E-state index in [1.54, 1.807) is 32.0 Å². The van der Waals surface area contributed by atoms with E-state index < -0.39 is 17.9 Å². The van der Waals surface area contributed by atoms with Gasteiger partial charge in [0.05, 0.1) is 0 Å². The molecule has 1 aliphatic heterocycles. The average Bonchev–Trinajstić information content (AvgIpc) is 2.34. The number of Topliss-reactive ketones (excluding diaryl/α,β-unsaturated/α-hetero) is 1. The van der Waals surface area contributed by atoms with Gasteiger partial charge in [0.15, 0.2) is 0 Å². The molecule has 0 spiro atoms. The van der Waals surface area contributed by atoms with Gasteiger partial charge in [-0.3, -0.25) is 4.79 Å². The Kier molecular flexibility index (Phi) is 3.95. The number of fused-ring (bicyclic) bond motifs is 1. The van der Waals surface area contributed by atoms with E-state index in [-0.39, 0.29) is 11.5 Å². The van der Waals surface area contributed by atoms with Gasteiger partial charge in [-0.05, 0) is 29.7 Å². The molecule has 1 unspecified atom stereocenters. The third kappa shape index (κ3) is 2.75. The van der Waals surface area contributed by atoms with E-state index in [4.69, 9.17) is 0 Å². The molecule has 0 saturated heterocycles. The topological polar surface area (TPSA) is 29.1 Å². The summed E-state index contributed by atoms with van der Waals surface area (Å²) in [6.07, 6.45) is -3.68. The summed E-state index contributed by atoms with van der Waals surface area (Å²) in [6.45, 7) is 3.61. The van der Waals surface area contributed by atoms with Gasteiger partial charge < -0.3 is 5.32 Å². The van der Waals surface area contributed by atoms with Crippen LogP contribution in [-0.2, 0) is 4.79 Å². The van der Waals surface area contributed by atoms with E-state index in [9.17, 15) is 18.0 Å². The highest BCUT2D eigenvalue weighted by molar-refractivity contribution is 9.10. The van der Waals surface area contributed by atoms with E-state index in [1.165, 1.54) is 6.20 Å². The molecule has 0 saturated carbocycles. The second-order valence-corrected chi connectivity index (χ2v) is 5.94. The normalized spacial score (nSPS) is 18.4. The van der Waals surface area contributed by atoms with E-state index in [1.807, 2.05) is 0 Å². The number of rotatable bonds is 2. The summed E-state index contributed by atoms with van der Waals surface area (Å²) in [7, 11) is 0. The van der Waals surface area contributed by atoms with Crippen molar-refractivity contribution in [1.82, 2.24) is 0 Å². The Bertz CT molecular complexity index is 578. The molecule has 2 nitrogen and oxygen atoms in total. The lowest BCUT2D eigenvalue weighted by Crippen LogP contribution is -2.31. The largest absolute Gasteiger partial charge is 0.454 e. The Morgan fingerprint density at radius 2 is 2.00 bits per heavy atom. The molecule has 1 atom stereocenters. The number of carbonyl (C=O) groups excluding carboxylic acids is 1. The van der Waals surface area contributed by atoms with Crippen molar-refractivity contribution >= 4 is 27.4 Å². The molecule has 1 aliphatic rings. The van der Waals surface area contributed by atoms with Crippen LogP contribution in [0.4, 0.5) is 18.9 Å². The van der Waals surface area contributed by atoms with Crippen molar-refractivity contribution in [2.75, 3.05) is 5.32 Å². The van der Waals surface area contributed by atoms with Gasteiger partial charge in [-0.25, -0.2) is 0 Å². The van der Waals surface area contributed by atoms with Gasteiger partial charge in [0.1, 0.15) is 0 Å². The highest BCUT2D eigenvalue weighted by Gasteiger charge is 2.44. The number of benzene rings is 1. The van der Waals surface area contributed by atoms with Crippen LogP contribution in [-0.4, -0.2) is 12.0 Å². The number of hydrogen-bond acceptors (Lipinski definition) is 2. The summed E-state index contributed by atoms with van der Waals surface area (Å²) in [5.41, 5.74) is 1.19. The molecule has 0 aliphatic carbocycles. The van der Waals surface area contributed by atoms with Crippen molar-refractivity contribution < 1.29 is 18.0 Å². The lowest BCUT2D eigenvalue weighted by atomic mass is 9.78. The maximum Gasteiger partial charge on any atom is 0.454 e. The Balaban J connectivity index is 2.51. The smallest absolute Gasteiger partial charge is 0.361 e. The second kappa shape index (κ2) is 5.24. The lowest BCUT2D eigenvalue weighted by molar-refractivity contribution is -0.167. The number of alkyl halides is 3. The molecule has 1 aromatic carbocycles. The van der Waals surface area contributed by atoms with Crippen LogP contribution >= 0.6 is 15.9 Å². The minimum Gasteiger partial charge on any atom is -0.361 e. The van der Waals surface area contributed by atoms with Crippen molar-refractivity contribution in [3.63, 3.8) is 0 Å². The number of carbonyl (C=O) groups is 1. The fourth-order valence-electron chi connectivity index (χ4n) is 2.42. The van der Waals surface area contributed by atoms with Crippen molar-refractivity contribution in [3.05, 3.63) is 40.0 Å². The number of hydrogen-bond donors (Lipinski definition) is 1. The first-order chi connectivity index (χ1) is 9.21. The van der Waals surface area contributed by atoms with Crippen LogP contribution in [0.1, 0.15) is 25.3 Å². The summed E-state index contributed by atoms with van der Waals surface area (Å²) >= 11 is 3.31. The maximum absolute atomic E-state index is 12.7. The molecule has 0 fully saturated rings. The minimum absolute atomic E-state index is 0.123. The Morgan fingerprint density at radius 1 is 1.35 bits per heavy atom. The first-order valence-corrected chi connectivity index (χ1v) is 6.88. The van der Waals surface area contributed by atoms with Crippen LogP contribution in [0.3, 0.4) is 0 Å². The Labute approximate surface area is 123 Å². The van der Waals surface area contributed by atoms with Crippen molar-refractivity contribution in [2.24, 2.45) is 5.92 Å². The first-order valence-electron chi connectivity index (χ1n) is 6.09. The Hall–Kier alpha value is -1.30. The van der Waals surface area contributed by atoms with Crippen molar-refractivity contribution in [1.29, 1.82) is 0 Å². The van der Waals surface area contributed by atoms with Crippen LogP contribution in [0.5, 0.6) is 0 Å². The standard InChI is InChI=1S/C14H13BrF3NO/c1-7(2)12-9-5-8(15)3-4-11(9)19-6-10(12)13(20)14(16,17)18/h3-7,12,19H,1-2H3. The second-order valence-electron chi connectivity index (χ2n) is 5.02. The van der Waals surface area contributed by atoms with Crippen LogP contribution in [0.25, 0.3) is 0 Å². The Morgan fingerprint density at radius 3 is 2.55 bits per heavy atom. The summed E-state index contributed by atoms with van der Waals surface area (Å²) < 4.78 is 38.9. The molecular weight excluding hydrogens is 335 g/mol. The minimum atomic E-state index is -4.86. The highest BCUT2D eigenvalue weighted by Crippen LogP contribution is 2.42. The van der Waals surface area contributed by atoms with Crippen molar-refractivity contribution in [2.45, 2.75) is 25.9 Å². The van der Waals surface area contributed by atoms with Gasteiger partial charge in [0.2, 0.25) is 0 Å². The maximum atomic E-state index is 12.7. The summed E-state index contributed by atoms with van der Waals surface area (Å²) in [4.78, 5) is 11.6. The number of anilines is 1. The predicted molar refractivity (Wildman–Crippen MR) is 74.5 cm³/mol. The van der Waals surface area contributed by atoms with Gasteiger partial charge in [0, 0.05) is 27.9 Å². The number of ketones is 1. The van der Waals surface area contributed by atoms with Crippen LogP contribution in [0, 0.1) is 5.92 Å². The first kappa shape index (κ1) is 15.1. The molecule has 0 aromatic heterocycles. The van der Waals surface area contributed by atoms with Gasteiger partial charge >= 0.3 is 6.18 Å². The van der Waals surface area contributed by atoms with E-state index in [0.717, 1.165) is 10.2 Å². The number of nitrogens with one attached hydrogen (secondary N) is 1. The molecule has 0 radical (unpaired) electrons. The molecule has 108 valence electrons. The molecule has 1 aromatic rings. The predicted octanol–water partition coefficient (Wildman–Crippen LogP) is 4.63. The van der Waals surface area contributed by atoms with Gasteiger partial charge in [0.25, 0.3) is 5.78 Å². The zero-order valence-corrected chi connectivity index (χ0v) is 12.5. The molecule has 6 heteroatoms.